The van der Waals surface area contributed by atoms with Crippen molar-refractivity contribution in [2.75, 3.05) is 32.0 Å². The molecule has 0 aromatic rings. The first-order valence-electron chi connectivity index (χ1n) is 9.50. The van der Waals surface area contributed by atoms with Crippen LogP contribution in [0.25, 0.3) is 0 Å². The van der Waals surface area contributed by atoms with Crippen LogP contribution in [-0.4, -0.2) is 52.4 Å². The number of sulfonamides is 1. The van der Waals surface area contributed by atoms with Crippen molar-refractivity contribution in [3.8, 4) is 0 Å². The third kappa shape index (κ3) is 8.08. The maximum Gasteiger partial charge on any atom is 0.220 e. The van der Waals surface area contributed by atoms with Gasteiger partial charge < -0.3 is 15.8 Å². The molecule has 1 saturated heterocycles. The Labute approximate surface area is 163 Å². The van der Waals surface area contributed by atoms with Gasteiger partial charge in [0.15, 0.2) is 0 Å². The summed E-state index contributed by atoms with van der Waals surface area (Å²) < 4.78 is 32.1. The van der Waals surface area contributed by atoms with E-state index in [-0.39, 0.29) is 42.1 Å². The zero-order chi connectivity index (χ0) is 18.2. The number of halogens is 1. The SMILES string of the molecule is Cl.NCC1(CC(=O)NCCS(=O)(=O)NCC2CCCCO2)CCCCC1. The third-order valence-corrected chi connectivity index (χ3v) is 6.73. The number of nitrogens with one attached hydrogen (secondary N) is 2. The molecule has 2 aliphatic rings. The van der Waals surface area contributed by atoms with Gasteiger partial charge in [-0.25, -0.2) is 13.1 Å². The Balaban J connectivity index is 0.00000338. The van der Waals surface area contributed by atoms with Crippen LogP contribution >= 0.6 is 12.4 Å². The van der Waals surface area contributed by atoms with E-state index in [0.29, 0.717) is 26.1 Å². The average Bonchev–Trinajstić information content (AvgIpc) is 2.61. The van der Waals surface area contributed by atoms with E-state index in [1.54, 1.807) is 0 Å². The Bertz CT molecular complexity index is 518. The minimum atomic E-state index is -3.40. The molecular formula is C17H34ClN3O4S. The fraction of sp³-hybridized carbons (Fsp3) is 0.941. The van der Waals surface area contributed by atoms with Crippen molar-refractivity contribution in [3.05, 3.63) is 0 Å². The number of hydrogen-bond donors (Lipinski definition) is 3. The maximum absolute atomic E-state index is 12.2. The molecule has 1 aliphatic carbocycles. The molecule has 154 valence electrons. The molecule has 1 amide bonds. The van der Waals surface area contributed by atoms with Crippen molar-refractivity contribution in [2.45, 2.75) is 63.9 Å². The van der Waals surface area contributed by atoms with E-state index in [1.165, 1.54) is 6.42 Å². The van der Waals surface area contributed by atoms with Crippen molar-refractivity contribution in [1.29, 1.82) is 0 Å². The van der Waals surface area contributed by atoms with E-state index in [4.69, 9.17) is 10.5 Å². The molecule has 4 N–H and O–H groups in total. The van der Waals surface area contributed by atoms with Gasteiger partial charge in [0.2, 0.25) is 15.9 Å². The minimum absolute atomic E-state index is 0. The third-order valence-electron chi connectivity index (χ3n) is 5.38. The Morgan fingerprint density at radius 1 is 1.15 bits per heavy atom. The molecule has 1 unspecified atom stereocenters. The van der Waals surface area contributed by atoms with E-state index in [0.717, 1.165) is 44.9 Å². The summed E-state index contributed by atoms with van der Waals surface area (Å²) in [6.45, 7) is 1.65. The van der Waals surface area contributed by atoms with Gasteiger partial charge in [0.1, 0.15) is 0 Å². The predicted molar refractivity (Wildman–Crippen MR) is 105 cm³/mol. The van der Waals surface area contributed by atoms with E-state index >= 15 is 0 Å². The topological polar surface area (TPSA) is 111 Å². The molecule has 7 nitrogen and oxygen atoms in total. The molecule has 2 rings (SSSR count). The molecule has 1 aliphatic heterocycles. The van der Waals surface area contributed by atoms with Crippen LogP contribution in [0.2, 0.25) is 0 Å². The van der Waals surface area contributed by atoms with Crippen LogP contribution in [0, 0.1) is 5.41 Å². The summed E-state index contributed by atoms with van der Waals surface area (Å²) in [5, 5.41) is 2.74. The molecule has 1 saturated carbocycles. The monoisotopic (exact) mass is 411 g/mol. The van der Waals surface area contributed by atoms with Gasteiger partial charge in [-0.1, -0.05) is 19.3 Å². The molecule has 26 heavy (non-hydrogen) atoms. The summed E-state index contributed by atoms with van der Waals surface area (Å²) in [4.78, 5) is 12.2. The molecular weight excluding hydrogens is 378 g/mol. The Kier molecular flexibility index (Phi) is 10.4. The second kappa shape index (κ2) is 11.4. The quantitative estimate of drug-likeness (QED) is 0.529. The number of ether oxygens (including phenoxy) is 1. The van der Waals surface area contributed by atoms with Crippen molar-refractivity contribution >= 4 is 28.3 Å². The normalized spacial score (nSPS) is 23.0. The van der Waals surface area contributed by atoms with Crippen LogP contribution in [0.3, 0.4) is 0 Å². The lowest BCUT2D eigenvalue weighted by Gasteiger charge is -2.35. The lowest BCUT2D eigenvalue weighted by molar-refractivity contribution is -0.123. The van der Waals surface area contributed by atoms with Crippen molar-refractivity contribution < 1.29 is 17.9 Å². The lowest BCUT2D eigenvalue weighted by atomic mass is 9.72. The maximum atomic E-state index is 12.2. The van der Waals surface area contributed by atoms with Gasteiger partial charge in [-0.15, -0.1) is 12.4 Å². The number of nitrogens with two attached hydrogens (primary N) is 1. The van der Waals surface area contributed by atoms with Gasteiger partial charge in [-0.05, 0) is 44.1 Å². The first-order chi connectivity index (χ1) is 11.9. The lowest BCUT2D eigenvalue weighted by Crippen LogP contribution is -2.41. The summed E-state index contributed by atoms with van der Waals surface area (Å²) in [7, 11) is -3.40. The van der Waals surface area contributed by atoms with Crippen LogP contribution in [0.15, 0.2) is 0 Å². The zero-order valence-electron chi connectivity index (χ0n) is 15.5. The average molecular weight is 412 g/mol. The van der Waals surface area contributed by atoms with E-state index in [1.807, 2.05) is 0 Å². The van der Waals surface area contributed by atoms with Gasteiger partial charge in [0, 0.05) is 26.1 Å². The summed E-state index contributed by atoms with van der Waals surface area (Å²) >= 11 is 0. The largest absolute Gasteiger partial charge is 0.377 e. The van der Waals surface area contributed by atoms with Gasteiger partial charge in [-0.2, -0.15) is 0 Å². The Morgan fingerprint density at radius 3 is 2.50 bits per heavy atom. The fourth-order valence-electron chi connectivity index (χ4n) is 3.74. The molecule has 0 aromatic heterocycles. The molecule has 0 radical (unpaired) electrons. The first-order valence-corrected chi connectivity index (χ1v) is 11.2. The fourth-order valence-corrected chi connectivity index (χ4v) is 4.70. The number of hydrogen-bond acceptors (Lipinski definition) is 5. The van der Waals surface area contributed by atoms with Gasteiger partial charge in [0.05, 0.1) is 11.9 Å². The minimum Gasteiger partial charge on any atom is -0.377 e. The highest BCUT2D eigenvalue weighted by Gasteiger charge is 2.32. The molecule has 0 spiro atoms. The highest BCUT2D eigenvalue weighted by molar-refractivity contribution is 7.89. The number of carbonyl (C=O) groups is 1. The van der Waals surface area contributed by atoms with E-state index < -0.39 is 10.0 Å². The van der Waals surface area contributed by atoms with E-state index in [2.05, 4.69) is 10.0 Å². The van der Waals surface area contributed by atoms with E-state index in [9.17, 15) is 13.2 Å². The summed E-state index contributed by atoms with van der Waals surface area (Å²) in [5.74, 6) is -0.209. The molecule has 2 fully saturated rings. The Hall–Kier alpha value is -0.410. The van der Waals surface area contributed by atoms with Gasteiger partial charge in [0.25, 0.3) is 0 Å². The molecule has 1 atom stereocenters. The summed E-state index contributed by atoms with van der Waals surface area (Å²) in [5.41, 5.74) is 5.80. The first kappa shape index (κ1) is 23.6. The molecule has 0 bridgehead atoms. The molecule has 9 heteroatoms. The number of rotatable bonds is 9. The standard InChI is InChI=1S/C17H33N3O4S.ClH/c18-14-17(7-3-1-4-8-17)12-16(21)19-9-11-25(22,23)20-13-15-6-2-5-10-24-15;/h15,20H,1-14,18H2,(H,19,21);1H. The van der Waals surface area contributed by atoms with Gasteiger partial charge in [-0.3, -0.25) is 4.79 Å². The summed E-state index contributed by atoms with van der Waals surface area (Å²) in [6.07, 6.45) is 8.78. The Morgan fingerprint density at radius 2 is 1.88 bits per heavy atom. The number of carbonyl (C=O) groups excluding carboxylic acids is 1. The summed E-state index contributed by atoms with van der Waals surface area (Å²) in [6, 6.07) is 0. The number of amides is 1. The van der Waals surface area contributed by atoms with Gasteiger partial charge >= 0.3 is 0 Å². The van der Waals surface area contributed by atoms with Crippen LogP contribution in [0.4, 0.5) is 0 Å². The second-order valence-corrected chi connectivity index (χ2v) is 9.37. The zero-order valence-corrected chi connectivity index (χ0v) is 17.1. The highest BCUT2D eigenvalue weighted by atomic mass is 35.5. The van der Waals surface area contributed by atoms with Crippen molar-refractivity contribution in [3.63, 3.8) is 0 Å². The molecule has 0 aromatic carbocycles. The van der Waals surface area contributed by atoms with Crippen molar-refractivity contribution in [1.82, 2.24) is 10.0 Å². The molecule has 1 heterocycles. The van der Waals surface area contributed by atoms with Crippen molar-refractivity contribution in [2.24, 2.45) is 11.1 Å². The smallest absolute Gasteiger partial charge is 0.220 e. The highest BCUT2D eigenvalue weighted by Crippen LogP contribution is 2.38. The van der Waals surface area contributed by atoms with Crippen LogP contribution in [-0.2, 0) is 19.6 Å². The van der Waals surface area contributed by atoms with Crippen LogP contribution < -0.4 is 15.8 Å². The van der Waals surface area contributed by atoms with Crippen LogP contribution in [0.1, 0.15) is 57.8 Å². The second-order valence-electron chi connectivity index (χ2n) is 7.45. The predicted octanol–water partition coefficient (Wildman–Crippen LogP) is 1.31. The van der Waals surface area contributed by atoms with Crippen LogP contribution in [0.5, 0.6) is 0 Å².